The number of rotatable bonds is 5. The number of hydrogen-bond acceptors (Lipinski definition) is 4. The minimum absolute atomic E-state index is 0.207. The van der Waals surface area contributed by atoms with Gasteiger partial charge in [-0.3, -0.25) is 20.4 Å². The Kier molecular flexibility index (Phi) is 4.65. The van der Waals surface area contributed by atoms with Gasteiger partial charge in [0.05, 0.1) is 12.8 Å². The number of carbonyl (C=O) groups excluding carboxylic acids is 2. The largest absolute Gasteiger partial charge is 0.497 e. The number of amides is 2. The average Bonchev–Trinajstić information content (AvgIpc) is 3.02. The SMILES string of the molecule is COc1ccc(C2CNC(=O)C2C(=O)NNc2ccccc2)cc1. The van der Waals surface area contributed by atoms with Crippen molar-refractivity contribution in [2.24, 2.45) is 5.92 Å². The highest BCUT2D eigenvalue weighted by Gasteiger charge is 2.41. The van der Waals surface area contributed by atoms with Crippen molar-refractivity contribution in [2.75, 3.05) is 19.1 Å². The van der Waals surface area contributed by atoms with Crippen LogP contribution in [0.25, 0.3) is 0 Å². The van der Waals surface area contributed by atoms with Crippen molar-refractivity contribution in [3.05, 3.63) is 60.2 Å². The molecule has 3 N–H and O–H groups in total. The molecule has 2 atom stereocenters. The van der Waals surface area contributed by atoms with Gasteiger partial charge in [-0.1, -0.05) is 30.3 Å². The molecule has 24 heavy (non-hydrogen) atoms. The Hall–Kier alpha value is -3.02. The summed E-state index contributed by atoms with van der Waals surface area (Å²) in [5.74, 6) is -0.851. The Morgan fingerprint density at radius 1 is 1.12 bits per heavy atom. The molecular weight excluding hydrogens is 306 g/mol. The zero-order valence-electron chi connectivity index (χ0n) is 13.3. The number of hydrazine groups is 1. The van der Waals surface area contributed by atoms with Gasteiger partial charge in [0.15, 0.2) is 0 Å². The Bertz CT molecular complexity index is 716. The van der Waals surface area contributed by atoms with Crippen molar-refractivity contribution < 1.29 is 14.3 Å². The van der Waals surface area contributed by atoms with E-state index >= 15 is 0 Å². The molecule has 0 aliphatic carbocycles. The first kappa shape index (κ1) is 15.9. The van der Waals surface area contributed by atoms with Gasteiger partial charge in [-0.15, -0.1) is 0 Å². The maximum atomic E-state index is 12.5. The van der Waals surface area contributed by atoms with Gasteiger partial charge < -0.3 is 10.1 Å². The second kappa shape index (κ2) is 7.04. The van der Waals surface area contributed by atoms with Gasteiger partial charge in [0.25, 0.3) is 5.91 Å². The van der Waals surface area contributed by atoms with Crippen molar-refractivity contribution in [3.63, 3.8) is 0 Å². The third-order valence-electron chi connectivity index (χ3n) is 4.11. The molecule has 1 saturated heterocycles. The van der Waals surface area contributed by atoms with Crippen LogP contribution in [0.2, 0.25) is 0 Å². The molecule has 0 aromatic heterocycles. The summed E-state index contributed by atoms with van der Waals surface area (Å²) >= 11 is 0. The smallest absolute Gasteiger partial charge is 0.251 e. The molecule has 0 radical (unpaired) electrons. The van der Waals surface area contributed by atoms with E-state index in [4.69, 9.17) is 4.74 Å². The maximum absolute atomic E-state index is 12.5. The van der Waals surface area contributed by atoms with Crippen LogP contribution >= 0.6 is 0 Å². The third kappa shape index (κ3) is 3.32. The summed E-state index contributed by atoms with van der Waals surface area (Å²) in [7, 11) is 1.60. The molecule has 2 unspecified atom stereocenters. The molecule has 1 aliphatic rings. The van der Waals surface area contributed by atoms with Crippen LogP contribution in [-0.2, 0) is 9.59 Å². The molecule has 6 heteroatoms. The predicted molar refractivity (Wildman–Crippen MR) is 90.4 cm³/mol. The van der Waals surface area contributed by atoms with E-state index in [0.29, 0.717) is 6.54 Å². The van der Waals surface area contributed by atoms with Crippen molar-refractivity contribution in [1.82, 2.24) is 10.7 Å². The summed E-state index contributed by atoms with van der Waals surface area (Å²) in [5, 5.41) is 2.77. The van der Waals surface area contributed by atoms with Crippen LogP contribution in [0.1, 0.15) is 11.5 Å². The van der Waals surface area contributed by atoms with Crippen LogP contribution in [0.15, 0.2) is 54.6 Å². The lowest BCUT2D eigenvalue weighted by molar-refractivity contribution is -0.133. The predicted octanol–water partition coefficient (Wildman–Crippen LogP) is 1.67. The number of ether oxygens (including phenoxy) is 1. The van der Waals surface area contributed by atoms with E-state index in [-0.39, 0.29) is 17.7 Å². The van der Waals surface area contributed by atoms with Gasteiger partial charge in [-0.05, 0) is 29.8 Å². The van der Waals surface area contributed by atoms with E-state index in [2.05, 4.69) is 16.2 Å². The molecule has 0 bridgehead atoms. The molecule has 6 nitrogen and oxygen atoms in total. The maximum Gasteiger partial charge on any atom is 0.251 e. The third-order valence-corrected chi connectivity index (χ3v) is 4.11. The molecule has 0 saturated carbocycles. The van der Waals surface area contributed by atoms with E-state index in [1.165, 1.54) is 0 Å². The second-order valence-corrected chi connectivity index (χ2v) is 5.58. The van der Waals surface area contributed by atoms with Gasteiger partial charge in [0.2, 0.25) is 5.91 Å². The number of para-hydroxylation sites is 1. The van der Waals surface area contributed by atoms with E-state index in [9.17, 15) is 9.59 Å². The number of hydrogen-bond donors (Lipinski definition) is 3. The Labute approximate surface area is 140 Å². The summed E-state index contributed by atoms with van der Waals surface area (Å²) in [6, 6.07) is 16.7. The van der Waals surface area contributed by atoms with E-state index < -0.39 is 5.92 Å². The molecule has 0 spiro atoms. The van der Waals surface area contributed by atoms with Gasteiger partial charge >= 0.3 is 0 Å². The summed E-state index contributed by atoms with van der Waals surface area (Å²) in [6.07, 6.45) is 0. The normalized spacial score (nSPS) is 19.5. The van der Waals surface area contributed by atoms with Crippen molar-refractivity contribution in [1.29, 1.82) is 0 Å². The summed E-state index contributed by atoms with van der Waals surface area (Å²) < 4.78 is 5.14. The van der Waals surface area contributed by atoms with Crippen LogP contribution in [-0.4, -0.2) is 25.5 Å². The fourth-order valence-corrected chi connectivity index (χ4v) is 2.82. The molecule has 2 aromatic rings. The Balaban J connectivity index is 1.71. The molecule has 124 valence electrons. The summed E-state index contributed by atoms with van der Waals surface area (Å²) in [6.45, 7) is 0.439. The highest BCUT2D eigenvalue weighted by Crippen LogP contribution is 2.30. The monoisotopic (exact) mass is 325 g/mol. The van der Waals surface area contributed by atoms with Crippen LogP contribution in [0.3, 0.4) is 0 Å². The fourth-order valence-electron chi connectivity index (χ4n) is 2.82. The van der Waals surface area contributed by atoms with Gasteiger partial charge in [0, 0.05) is 12.5 Å². The van der Waals surface area contributed by atoms with Crippen molar-refractivity contribution in [2.45, 2.75) is 5.92 Å². The summed E-state index contributed by atoms with van der Waals surface area (Å²) in [4.78, 5) is 24.6. The second-order valence-electron chi connectivity index (χ2n) is 5.58. The highest BCUT2D eigenvalue weighted by molar-refractivity contribution is 6.03. The van der Waals surface area contributed by atoms with E-state index in [1.807, 2.05) is 54.6 Å². The average molecular weight is 325 g/mol. The zero-order chi connectivity index (χ0) is 16.9. The molecule has 1 fully saturated rings. The lowest BCUT2D eigenvalue weighted by Gasteiger charge is -2.18. The lowest BCUT2D eigenvalue weighted by atomic mass is 9.88. The van der Waals surface area contributed by atoms with Crippen LogP contribution in [0.5, 0.6) is 5.75 Å². The Morgan fingerprint density at radius 3 is 2.50 bits per heavy atom. The van der Waals surface area contributed by atoms with Gasteiger partial charge in [0.1, 0.15) is 11.7 Å². The number of methoxy groups -OCH3 is 1. The standard InChI is InChI=1S/C18H19N3O3/c1-24-14-9-7-12(8-10-14)15-11-19-17(22)16(15)18(23)21-20-13-5-3-2-4-6-13/h2-10,15-16,20H,11H2,1H3,(H,19,22)(H,21,23). The van der Waals surface area contributed by atoms with E-state index in [1.54, 1.807) is 7.11 Å². The van der Waals surface area contributed by atoms with Crippen molar-refractivity contribution in [3.8, 4) is 5.75 Å². The molecule has 3 rings (SSSR count). The minimum atomic E-state index is -0.769. The number of anilines is 1. The molecular formula is C18H19N3O3. The molecule has 2 amide bonds. The first-order chi connectivity index (χ1) is 11.7. The Morgan fingerprint density at radius 2 is 1.83 bits per heavy atom. The number of carbonyl (C=O) groups is 2. The fraction of sp³-hybridized carbons (Fsp3) is 0.222. The van der Waals surface area contributed by atoms with Crippen molar-refractivity contribution >= 4 is 17.5 Å². The minimum Gasteiger partial charge on any atom is -0.497 e. The quantitative estimate of drug-likeness (QED) is 0.577. The number of nitrogens with one attached hydrogen (secondary N) is 3. The first-order valence-corrected chi connectivity index (χ1v) is 7.71. The van der Waals surface area contributed by atoms with Crippen LogP contribution < -0.4 is 20.9 Å². The molecule has 1 heterocycles. The van der Waals surface area contributed by atoms with E-state index in [0.717, 1.165) is 17.0 Å². The van der Waals surface area contributed by atoms with Crippen LogP contribution in [0, 0.1) is 5.92 Å². The lowest BCUT2D eigenvalue weighted by Crippen LogP contribution is -2.40. The van der Waals surface area contributed by atoms with Gasteiger partial charge in [-0.2, -0.15) is 0 Å². The number of benzene rings is 2. The summed E-state index contributed by atoms with van der Waals surface area (Å²) in [5.41, 5.74) is 7.13. The highest BCUT2D eigenvalue weighted by atomic mass is 16.5. The first-order valence-electron chi connectivity index (χ1n) is 7.71. The van der Waals surface area contributed by atoms with Gasteiger partial charge in [-0.25, -0.2) is 0 Å². The topological polar surface area (TPSA) is 79.5 Å². The zero-order valence-corrected chi connectivity index (χ0v) is 13.3. The molecule has 2 aromatic carbocycles. The van der Waals surface area contributed by atoms with Crippen LogP contribution in [0.4, 0.5) is 5.69 Å². The molecule has 1 aliphatic heterocycles.